The molecule has 1 N–H and O–H groups in total. The molecule has 1 atom stereocenters. The van der Waals surface area contributed by atoms with E-state index in [0.717, 1.165) is 45.0 Å². The molecule has 0 bridgehead atoms. The lowest BCUT2D eigenvalue weighted by molar-refractivity contribution is -0.120. The minimum atomic E-state index is -3.94. The highest BCUT2D eigenvalue weighted by Crippen LogP contribution is 2.31. The minimum absolute atomic E-state index is 0.0140. The Morgan fingerprint density at radius 2 is 1.83 bits per heavy atom. The van der Waals surface area contributed by atoms with E-state index in [4.69, 9.17) is 0 Å². The molecule has 5 nitrogen and oxygen atoms in total. The normalized spacial score (nSPS) is 17.0. The number of hydrogen-bond acceptors (Lipinski definition) is 4. The third-order valence-corrected chi connectivity index (χ3v) is 7.98. The van der Waals surface area contributed by atoms with Crippen LogP contribution in [0.15, 0.2) is 64.2 Å². The summed E-state index contributed by atoms with van der Waals surface area (Å²) in [5, 5.41) is 3.98. The molecule has 150 valence electrons. The maximum atomic E-state index is 14.0. The lowest BCUT2D eigenvalue weighted by Crippen LogP contribution is -2.50. The Morgan fingerprint density at radius 3 is 2.55 bits per heavy atom. The van der Waals surface area contributed by atoms with Crippen molar-refractivity contribution in [3.63, 3.8) is 0 Å². The fraction of sp³-hybridized carbons (Fsp3) is 0.150. The molecule has 2 heterocycles. The molecule has 1 amide bonds. The summed E-state index contributed by atoms with van der Waals surface area (Å²) < 4.78 is 55.0. The molecule has 0 saturated carbocycles. The van der Waals surface area contributed by atoms with E-state index in [1.54, 1.807) is 17.5 Å². The summed E-state index contributed by atoms with van der Waals surface area (Å²) in [4.78, 5) is 13.0. The van der Waals surface area contributed by atoms with Gasteiger partial charge >= 0.3 is 0 Å². The molecule has 0 fully saturated rings. The molecular weight excluding hydrogens is 418 g/mol. The van der Waals surface area contributed by atoms with Gasteiger partial charge in [-0.05, 0) is 41.1 Å². The van der Waals surface area contributed by atoms with Gasteiger partial charge in [-0.2, -0.15) is 4.31 Å². The van der Waals surface area contributed by atoms with Crippen molar-refractivity contribution in [2.45, 2.75) is 23.2 Å². The lowest BCUT2D eigenvalue weighted by Gasteiger charge is -2.34. The first-order chi connectivity index (χ1) is 13.9. The average molecular weight is 434 g/mol. The van der Waals surface area contributed by atoms with Crippen molar-refractivity contribution >= 4 is 33.0 Å². The van der Waals surface area contributed by atoms with Gasteiger partial charge in [-0.1, -0.05) is 30.3 Å². The number of nitrogens with one attached hydrogen (secondary N) is 1. The van der Waals surface area contributed by atoms with E-state index in [0.29, 0.717) is 0 Å². The van der Waals surface area contributed by atoms with Crippen molar-refractivity contribution in [3.05, 3.63) is 82.7 Å². The van der Waals surface area contributed by atoms with Gasteiger partial charge in [0.05, 0.1) is 5.69 Å². The molecule has 0 spiro atoms. The molecule has 2 aromatic carbocycles. The maximum Gasteiger partial charge on any atom is 0.253 e. The number of rotatable bonds is 4. The van der Waals surface area contributed by atoms with E-state index < -0.39 is 33.6 Å². The van der Waals surface area contributed by atoms with E-state index in [9.17, 15) is 22.0 Å². The highest BCUT2D eigenvalue weighted by molar-refractivity contribution is 7.91. The quantitative estimate of drug-likeness (QED) is 0.680. The van der Waals surface area contributed by atoms with E-state index in [-0.39, 0.29) is 22.9 Å². The topological polar surface area (TPSA) is 66.5 Å². The fourth-order valence-electron chi connectivity index (χ4n) is 3.31. The molecule has 1 aliphatic heterocycles. The van der Waals surface area contributed by atoms with Crippen LogP contribution in [0.4, 0.5) is 14.5 Å². The smallest absolute Gasteiger partial charge is 0.253 e. The van der Waals surface area contributed by atoms with Gasteiger partial charge in [0.25, 0.3) is 10.0 Å². The summed E-state index contributed by atoms with van der Waals surface area (Å²) in [5.41, 5.74) is 1.31. The molecule has 9 heteroatoms. The van der Waals surface area contributed by atoms with Crippen LogP contribution < -0.4 is 5.32 Å². The number of nitrogens with zero attached hydrogens (tertiary/aromatic N) is 1. The zero-order valence-corrected chi connectivity index (χ0v) is 16.6. The van der Waals surface area contributed by atoms with Crippen LogP contribution in [0.2, 0.25) is 0 Å². The van der Waals surface area contributed by atoms with Crippen LogP contribution in [0.3, 0.4) is 0 Å². The summed E-state index contributed by atoms with van der Waals surface area (Å²) in [5.74, 6) is -2.23. The number of thiophene rings is 1. The van der Waals surface area contributed by atoms with E-state index in [1.165, 1.54) is 6.07 Å². The Labute approximate surface area is 170 Å². The Bertz CT molecular complexity index is 1160. The number of halogens is 2. The fourth-order valence-corrected chi connectivity index (χ4v) is 5.99. The zero-order valence-electron chi connectivity index (χ0n) is 15.0. The Hall–Kier alpha value is -2.62. The van der Waals surface area contributed by atoms with Crippen LogP contribution in [0, 0.1) is 11.6 Å². The largest absolute Gasteiger partial charge is 0.322 e. The van der Waals surface area contributed by atoms with Gasteiger partial charge in [0.2, 0.25) is 5.91 Å². The van der Waals surface area contributed by atoms with Crippen molar-refractivity contribution in [2.75, 3.05) is 5.32 Å². The lowest BCUT2D eigenvalue weighted by atomic mass is 9.95. The van der Waals surface area contributed by atoms with E-state index >= 15 is 0 Å². The average Bonchev–Trinajstić information content (AvgIpc) is 3.25. The van der Waals surface area contributed by atoms with Crippen molar-refractivity contribution in [3.8, 4) is 0 Å². The van der Waals surface area contributed by atoms with Crippen LogP contribution in [-0.4, -0.2) is 24.7 Å². The first-order valence-corrected chi connectivity index (χ1v) is 11.1. The van der Waals surface area contributed by atoms with Crippen LogP contribution in [0.25, 0.3) is 0 Å². The molecule has 1 unspecified atom stereocenters. The highest BCUT2D eigenvalue weighted by Gasteiger charge is 2.40. The first kappa shape index (κ1) is 19.7. The summed E-state index contributed by atoms with van der Waals surface area (Å²) in [6.07, 6.45) is 0.129. The standard InChI is InChI=1S/C20H16F2N2O3S2/c21-15-7-8-16(22)17(11-15)23-20(25)18-10-13-4-1-2-5-14(13)12-24(18)29(26,27)19-6-3-9-28-19/h1-9,11,18H,10,12H2,(H,23,25). The molecule has 0 saturated heterocycles. The van der Waals surface area contributed by atoms with Crippen molar-refractivity contribution in [1.82, 2.24) is 4.31 Å². The number of carbonyl (C=O) groups is 1. The van der Waals surface area contributed by atoms with Crippen molar-refractivity contribution in [2.24, 2.45) is 0 Å². The Kier molecular flexibility index (Phi) is 5.20. The van der Waals surface area contributed by atoms with Crippen LogP contribution in [-0.2, 0) is 27.8 Å². The van der Waals surface area contributed by atoms with Gasteiger partial charge in [-0.15, -0.1) is 11.3 Å². The van der Waals surface area contributed by atoms with E-state index in [2.05, 4.69) is 5.32 Å². The molecule has 29 heavy (non-hydrogen) atoms. The second-order valence-corrected chi connectivity index (χ2v) is 9.65. The Morgan fingerprint density at radius 1 is 1.07 bits per heavy atom. The second kappa shape index (κ2) is 7.66. The van der Waals surface area contributed by atoms with Crippen molar-refractivity contribution < 1.29 is 22.0 Å². The van der Waals surface area contributed by atoms with Gasteiger partial charge in [-0.25, -0.2) is 17.2 Å². The summed E-state index contributed by atoms with van der Waals surface area (Å²) in [6.45, 7) is 0.0140. The first-order valence-electron chi connectivity index (χ1n) is 8.74. The second-order valence-electron chi connectivity index (χ2n) is 6.58. The monoisotopic (exact) mass is 434 g/mol. The van der Waals surface area contributed by atoms with Gasteiger partial charge in [0, 0.05) is 12.6 Å². The highest BCUT2D eigenvalue weighted by atomic mass is 32.2. The van der Waals surface area contributed by atoms with Gasteiger partial charge in [0.1, 0.15) is 21.9 Å². The van der Waals surface area contributed by atoms with Gasteiger partial charge < -0.3 is 5.32 Å². The number of carbonyl (C=O) groups excluding carboxylic acids is 1. The predicted octanol–water partition coefficient (Wildman–Crippen LogP) is 3.78. The molecular formula is C20H16F2N2O3S2. The number of sulfonamides is 1. The molecule has 0 aliphatic carbocycles. The van der Waals surface area contributed by atoms with E-state index in [1.807, 2.05) is 18.2 Å². The molecule has 0 radical (unpaired) electrons. The van der Waals surface area contributed by atoms with Gasteiger partial charge in [0.15, 0.2) is 0 Å². The van der Waals surface area contributed by atoms with Crippen molar-refractivity contribution in [1.29, 1.82) is 0 Å². The zero-order chi connectivity index (χ0) is 20.6. The minimum Gasteiger partial charge on any atom is -0.322 e. The van der Waals surface area contributed by atoms with Crippen LogP contribution in [0.1, 0.15) is 11.1 Å². The summed E-state index contributed by atoms with van der Waals surface area (Å²) >= 11 is 1.06. The number of anilines is 1. The van der Waals surface area contributed by atoms with Crippen LogP contribution >= 0.6 is 11.3 Å². The SMILES string of the molecule is O=C(Nc1cc(F)ccc1F)C1Cc2ccccc2CN1S(=O)(=O)c1cccs1. The molecule has 1 aromatic heterocycles. The predicted molar refractivity (Wildman–Crippen MR) is 106 cm³/mol. The number of amides is 1. The maximum absolute atomic E-state index is 14.0. The Balaban J connectivity index is 1.72. The third-order valence-electron chi connectivity index (χ3n) is 4.75. The van der Waals surface area contributed by atoms with Gasteiger partial charge in [-0.3, -0.25) is 4.79 Å². The molecule has 4 rings (SSSR count). The summed E-state index contributed by atoms with van der Waals surface area (Å²) in [7, 11) is -3.94. The number of benzene rings is 2. The number of fused-ring (bicyclic) bond motifs is 1. The van der Waals surface area contributed by atoms with Crippen LogP contribution in [0.5, 0.6) is 0 Å². The summed E-state index contributed by atoms with van der Waals surface area (Å²) in [6, 6.07) is 12.0. The number of hydrogen-bond donors (Lipinski definition) is 1. The third kappa shape index (κ3) is 3.81. The molecule has 3 aromatic rings. The molecule has 1 aliphatic rings.